The summed E-state index contributed by atoms with van der Waals surface area (Å²) in [5.74, 6) is -0.921. The van der Waals surface area contributed by atoms with Crippen LogP contribution in [-0.4, -0.2) is 57.3 Å². The van der Waals surface area contributed by atoms with E-state index in [9.17, 15) is 9.59 Å². The lowest BCUT2D eigenvalue weighted by Crippen LogP contribution is -2.35. The molecule has 0 saturated heterocycles. The molecule has 1 unspecified atom stereocenters. The Bertz CT molecular complexity index is 503. The van der Waals surface area contributed by atoms with Crippen LogP contribution in [0.5, 0.6) is 0 Å². The summed E-state index contributed by atoms with van der Waals surface area (Å²) in [6.07, 6.45) is 3.28. The normalized spacial score (nSPS) is 15.7. The summed E-state index contributed by atoms with van der Waals surface area (Å²) in [5, 5.41) is 19.9. The van der Waals surface area contributed by atoms with Crippen molar-refractivity contribution in [1.82, 2.24) is 20.1 Å². The maximum absolute atomic E-state index is 11.7. The molecule has 1 fully saturated rings. The number of nitrogens with one attached hydrogen (secondary N) is 1. The molecule has 1 atom stereocenters. The van der Waals surface area contributed by atoms with Crippen molar-refractivity contribution in [2.24, 2.45) is 0 Å². The zero-order valence-corrected chi connectivity index (χ0v) is 12.5. The molecule has 1 amide bonds. The Morgan fingerprint density at radius 2 is 2.38 bits per heavy atom. The largest absolute Gasteiger partial charge is 0.481 e. The number of aliphatic carboxylic acids is 1. The van der Waals surface area contributed by atoms with Crippen LogP contribution in [0.4, 0.5) is 0 Å². The number of hydrogen-bond donors (Lipinski definition) is 2. The Kier molecular flexibility index (Phi) is 5.57. The van der Waals surface area contributed by atoms with Gasteiger partial charge < -0.3 is 19.7 Å². The molecule has 1 heterocycles. The van der Waals surface area contributed by atoms with Gasteiger partial charge in [0.25, 0.3) is 0 Å². The monoisotopic (exact) mass is 314 g/mol. The van der Waals surface area contributed by atoms with Crippen LogP contribution in [0.2, 0.25) is 0 Å². The Hall–Kier alpha value is -1.61. The van der Waals surface area contributed by atoms with E-state index in [1.54, 1.807) is 6.33 Å². The summed E-state index contributed by atoms with van der Waals surface area (Å²) in [6, 6.07) is 0.471. The molecule has 9 heteroatoms. The van der Waals surface area contributed by atoms with Crippen LogP contribution in [0.3, 0.4) is 0 Å². The molecule has 1 aromatic heterocycles. The van der Waals surface area contributed by atoms with Crippen molar-refractivity contribution in [1.29, 1.82) is 0 Å². The van der Waals surface area contributed by atoms with Gasteiger partial charge in [0, 0.05) is 19.7 Å². The summed E-state index contributed by atoms with van der Waals surface area (Å²) < 4.78 is 6.98. The second-order valence-corrected chi connectivity index (χ2v) is 5.74. The highest BCUT2D eigenvalue weighted by Gasteiger charge is 2.26. The van der Waals surface area contributed by atoms with E-state index in [-0.39, 0.29) is 24.6 Å². The quantitative estimate of drug-likeness (QED) is 0.632. The number of nitrogens with zero attached hydrogens (tertiary/aromatic N) is 3. The van der Waals surface area contributed by atoms with Crippen LogP contribution in [0.1, 0.15) is 25.3 Å². The first-order valence-electron chi connectivity index (χ1n) is 6.63. The average Bonchev–Trinajstić information content (AvgIpc) is 3.19. The molecule has 2 rings (SSSR count). The van der Waals surface area contributed by atoms with Crippen molar-refractivity contribution in [2.45, 2.75) is 36.6 Å². The Morgan fingerprint density at radius 1 is 1.62 bits per heavy atom. The van der Waals surface area contributed by atoms with E-state index in [1.165, 1.54) is 18.9 Å². The van der Waals surface area contributed by atoms with Crippen molar-refractivity contribution in [3.05, 3.63) is 6.33 Å². The van der Waals surface area contributed by atoms with Gasteiger partial charge in [-0.2, -0.15) is 0 Å². The number of carbonyl (C=O) groups is 2. The number of aromatic nitrogens is 3. The first kappa shape index (κ1) is 15.8. The van der Waals surface area contributed by atoms with Gasteiger partial charge in [-0.1, -0.05) is 11.8 Å². The van der Waals surface area contributed by atoms with Crippen molar-refractivity contribution in [3.8, 4) is 0 Å². The zero-order valence-electron chi connectivity index (χ0n) is 11.7. The summed E-state index contributed by atoms with van der Waals surface area (Å²) in [6.45, 7) is 0.178. The Morgan fingerprint density at radius 3 is 3.00 bits per heavy atom. The van der Waals surface area contributed by atoms with E-state index in [2.05, 4.69) is 15.5 Å². The van der Waals surface area contributed by atoms with Gasteiger partial charge in [0.15, 0.2) is 5.16 Å². The lowest BCUT2D eigenvalue weighted by atomic mass is 10.2. The molecule has 0 spiro atoms. The van der Waals surface area contributed by atoms with Gasteiger partial charge in [-0.15, -0.1) is 10.2 Å². The third kappa shape index (κ3) is 5.01. The van der Waals surface area contributed by atoms with Crippen LogP contribution in [0.25, 0.3) is 0 Å². The second-order valence-electron chi connectivity index (χ2n) is 4.80. The number of carboxylic acid groups (broad SMARTS) is 1. The second kappa shape index (κ2) is 7.41. The number of hydrogen-bond acceptors (Lipinski definition) is 6. The molecule has 0 aliphatic heterocycles. The summed E-state index contributed by atoms with van der Waals surface area (Å²) >= 11 is 1.32. The first-order chi connectivity index (χ1) is 10.1. The van der Waals surface area contributed by atoms with Crippen LogP contribution in [-0.2, 0) is 14.3 Å². The summed E-state index contributed by atoms with van der Waals surface area (Å²) in [5.41, 5.74) is 0. The molecule has 2 N–H and O–H groups in total. The van der Waals surface area contributed by atoms with E-state index < -0.39 is 12.1 Å². The predicted octanol–water partition coefficient (Wildman–Crippen LogP) is 0.311. The minimum absolute atomic E-state index is 0.139. The Balaban J connectivity index is 1.71. The fourth-order valence-corrected chi connectivity index (χ4v) is 2.59. The van der Waals surface area contributed by atoms with Crippen LogP contribution in [0.15, 0.2) is 11.5 Å². The van der Waals surface area contributed by atoms with Gasteiger partial charge in [0.2, 0.25) is 5.91 Å². The molecule has 0 radical (unpaired) electrons. The number of amides is 1. The van der Waals surface area contributed by atoms with Gasteiger partial charge in [-0.3, -0.25) is 9.59 Å². The number of rotatable bonds is 9. The van der Waals surface area contributed by atoms with Gasteiger partial charge in [0.1, 0.15) is 6.33 Å². The van der Waals surface area contributed by atoms with Gasteiger partial charge in [-0.05, 0) is 12.8 Å². The molecule has 0 bridgehead atoms. The number of thioether (sulfide) groups is 1. The lowest BCUT2D eigenvalue weighted by molar-refractivity contribution is -0.140. The van der Waals surface area contributed by atoms with Crippen molar-refractivity contribution < 1.29 is 19.4 Å². The maximum atomic E-state index is 11.7. The van der Waals surface area contributed by atoms with E-state index in [1.807, 2.05) is 4.57 Å². The molecule has 1 aliphatic carbocycles. The van der Waals surface area contributed by atoms with E-state index >= 15 is 0 Å². The first-order valence-corrected chi connectivity index (χ1v) is 7.62. The third-order valence-electron chi connectivity index (χ3n) is 3.08. The SMILES string of the molecule is COC(CNC(=O)CSc1nncn1C1CC1)CC(=O)O. The Labute approximate surface area is 126 Å². The van der Waals surface area contributed by atoms with E-state index in [0.717, 1.165) is 18.0 Å². The zero-order chi connectivity index (χ0) is 15.2. The molecule has 1 aliphatic rings. The van der Waals surface area contributed by atoms with Crippen LogP contribution in [0, 0.1) is 0 Å². The number of methoxy groups -OCH3 is 1. The molecular formula is C12H18N4O4S. The van der Waals surface area contributed by atoms with E-state index in [4.69, 9.17) is 9.84 Å². The lowest BCUT2D eigenvalue weighted by Gasteiger charge is -2.13. The highest BCUT2D eigenvalue weighted by Crippen LogP contribution is 2.37. The third-order valence-corrected chi connectivity index (χ3v) is 4.03. The number of carboxylic acids is 1. The fourth-order valence-electron chi connectivity index (χ4n) is 1.78. The average molecular weight is 314 g/mol. The summed E-state index contributed by atoms with van der Waals surface area (Å²) in [4.78, 5) is 22.3. The smallest absolute Gasteiger partial charge is 0.306 e. The van der Waals surface area contributed by atoms with Crippen molar-refractivity contribution in [2.75, 3.05) is 19.4 Å². The van der Waals surface area contributed by atoms with Crippen molar-refractivity contribution in [3.63, 3.8) is 0 Å². The number of ether oxygens (including phenoxy) is 1. The van der Waals surface area contributed by atoms with Crippen LogP contribution >= 0.6 is 11.8 Å². The minimum Gasteiger partial charge on any atom is -0.481 e. The van der Waals surface area contributed by atoms with Gasteiger partial charge in [-0.25, -0.2) is 0 Å². The highest BCUT2D eigenvalue weighted by molar-refractivity contribution is 7.99. The minimum atomic E-state index is -0.956. The van der Waals surface area contributed by atoms with Crippen molar-refractivity contribution >= 4 is 23.6 Å². The molecule has 116 valence electrons. The summed E-state index contributed by atoms with van der Waals surface area (Å²) in [7, 11) is 1.42. The molecular weight excluding hydrogens is 296 g/mol. The highest BCUT2D eigenvalue weighted by atomic mass is 32.2. The molecule has 21 heavy (non-hydrogen) atoms. The molecule has 0 aromatic carbocycles. The fraction of sp³-hybridized carbons (Fsp3) is 0.667. The topological polar surface area (TPSA) is 106 Å². The molecule has 8 nitrogen and oxygen atoms in total. The van der Waals surface area contributed by atoms with Gasteiger partial charge in [0.05, 0.1) is 18.3 Å². The maximum Gasteiger partial charge on any atom is 0.306 e. The van der Waals surface area contributed by atoms with E-state index in [0.29, 0.717) is 6.04 Å². The standard InChI is InChI=1S/C12H18N4O4S/c1-20-9(4-11(18)19)5-13-10(17)6-21-12-15-14-7-16(12)8-2-3-8/h7-9H,2-6H2,1H3,(H,13,17)(H,18,19). The molecule has 1 aromatic rings. The van der Waals surface area contributed by atoms with Crippen LogP contribution < -0.4 is 5.32 Å². The van der Waals surface area contributed by atoms with Gasteiger partial charge >= 0.3 is 5.97 Å². The molecule has 1 saturated carbocycles. The number of carbonyl (C=O) groups excluding carboxylic acids is 1. The predicted molar refractivity (Wildman–Crippen MR) is 75.1 cm³/mol.